The van der Waals surface area contributed by atoms with E-state index in [-0.39, 0.29) is 0 Å². The van der Waals surface area contributed by atoms with Gasteiger partial charge in [0.25, 0.3) is 0 Å². The Morgan fingerprint density at radius 2 is 1.42 bits per heavy atom. The van der Waals surface area contributed by atoms with E-state index in [2.05, 4.69) is 0 Å². The Morgan fingerprint density at radius 3 is 1.84 bits per heavy atom. The zero-order chi connectivity index (χ0) is 17.1. The van der Waals surface area contributed by atoms with Crippen molar-refractivity contribution in [2.24, 2.45) is 0 Å². The molecule has 2 aromatic carbocycles. The van der Waals surface area contributed by atoms with Gasteiger partial charge in [-0.05, 0) is 25.2 Å². The monoisotopic (exact) mass is 259 g/mol. The molecule has 0 radical (unpaired) electrons. The van der Waals surface area contributed by atoms with Crippen LogP contribution in [0.4, 0.5) is 0 Å². The molecular formula is C17H21NO. The lowest BCUT2D eigenvalue weighted by atomic mass is 10.0. The van der Waals surface area contributed by atoms with E-state index < -0.39 is 19.2 Å². The maximum absolute atomic E-state index is 8.12. The van der Waals surface area contributed by atoms with E-state index in [1.165, 1.54) is 19.0 Å². The third-order valence-electron chi connectivity index (χ3n) is 2.65. The van der Waals surface area contributed by atoms with Crippen molar-refractivity contribution >= 4 is 0 Å². The van der Waals surface area contributed by atoms with Gasteiger partial charge in [-0.25, -0.2) is 0 Å². The predicted octanol–water partition coefficient (Wildman–Crippen LogP) is 3.35. The van der Waals surface area contributed by atoms with Crippen molar-refractivity contribution in [3.63, 3.8) is 0 Å². The van der Waals surface area contributed by atoms with Gasteiger partial charge < -0.3 is 9.64 Å². The normalized spacial score (nSPS) is 15.8. The van der Waals surface area contributed by atoms with Crippen molar-refractivity contribution < 1.29 is 10.2 Å². The van der Waals surface area contributed by atoms with Gasteiger partial charge in [-0.15, -0.1) is 0 Å². The first-order chi connectivity index (χ1) is 10.8. The highest BCUT2D eigenvalue weighted by atomic mass is 16.5. The summed E-state index contributed by atoms with van der Waals surface area (Å²) in [6, 6.07) is 18.5. The van der Waals surface area contributed by atoms with Crippen LogP contribution >= 0.6 is 0 Å². The third kappa shape index (κ3) is 4.19. The maximum atomic E-state index is 8.12. The van der Waals surface area contributed by atoms with Crippen LogP contribution in [-0.2, 0) is 4.74 Å². The van der Waals surface area contributed by atoms with Crippen molar-refractivity contribution in [3.05, 3.63) is 71.8 Å². The van der Waals surface area contributed by atoms with Gasteiger partial charge in [0.2, 0.25) is 0 Å². The molecule has 0 heterocycles. The minimum absolute atomic E-state index is 0.692. The predicted molar refractivity (Wildman–Crippen MR) is 79.2 cm³/mol. The van der Waals surface area contributed by atoms with Crippen molar-refractivity contribution in [2.75, 3.05) is 27.2 Å². The smallest absolute Gasteiger partial charge is 0.108 e. The molecule has 0 unspecified atom stereocenters. The van der Waals surface area contributed by atoms with Crippen LogP contribution in [0.15, 0.2) is 60.7 Å². The first-order valence-electron chi connectivity index (χ1n) is 8.21. The quantitative estimate of drug-likeness (QED) is 0.789. The van der Waals surface area contributed by atoms with Crippen LogP contribution in [0.3, 0.4) is 0 Å². The van der Waals surface area contributed by atoms with E-state index in [0.29, 0.717) is 0 Å². The standard InChI is InChI=1S/C17H21NO/c1-18(2)13-14-19-17(15-9-5-3-6-10-15)16-11-7-4-8-12-16/h3-12,17H,13-14H2,1-2H3/i13D2,14D2. The highest BCUT2D eigenvalue weighted by Gasteiger charge is 2.13. The fourth-order valence-electron chi connectivity index (χ4n) is 1.76. The van der Waals surface area contributed by atoms with Gasteiger partial charge in [0.15, 0.2) is 0 Å². The minimum atomic E-state index is -2.49. The minimum Gasteiger partial charge on any atom is -0.367 e. The second kappa shape index (κ2) is 7.07. The van der Waals surface area contributed by atoms with Crippen LogP contribution < -0.4 is 0 Å². The number of hydrogen-bond acceptors (Lipinski definition) is 2. The van der Waals surface area contributed by atoms with Crippen molar-refractivity contribution in [1.29, 1.82) is 0 Å². The molecule has 0 saturated carbocycles. The second-order valence-corrected chi connectivity index (χ2v) is 4.43. The summed E-state index contributed by atoms with van der Waals surface area (Å²) in [4.78, 5) is 1.18. The summed E-state index contributed by atoms with van der Waals surface area (Å²) in [5.74, 6) is 0. The Kier molecular flexibility index (Phi) is 3.46. The van der Waals surface area contributed by atoms with Gasteiger partial charge in [-0.2, -0.15) is 0 Å². The Labute approximate surface area is 121 Å². The van der Waals surface area contributed by atoms with Crippen LogP contribution in [0.1, 0.15) is 22.7 Å². The van der Waals surface area contributed by atoms with E-state index >= 15 is 0 Å². The van der Waals surface area contributed by atoms with Crippen molar-refractivity contribution in [3.8, 4) is 0 Å². The van der Waals surface area contributed by atoms with Gasteiger partial charge in [0, 0.05) is 9.24 Å². The van der Waals surface area contributed by atoms with Gasteiger partial charge in [-0.3, -0.25) is 0 Å². The molecule has 0 aliphatic heterocycles. The lowest BCUT2D eigenvalue weighted by Gasteiger charge is -2.20. The molecule has 100 valence electrons. The molecule has 0 atom stereocenters. The number of ether oxygens (including phenoxy) is 1. The number of likely N-dealkylation sites (N-methyl/N-ethyl adjacent to an activating group) is 1. The van der Waals surface area contributed by atoms with Crippen LogP contribution in [0.25, 0.3) is 0 Å². The molecular weight excluding hydrogens is 234 g/mol. The van der Waals surface area contributed by atoms with Gasteiger partial charge in [0.05, 0.1) is 9.30 Å². The van der Waals surface area contributed by atoms with E-state index in [0.717, 1.165) is 11.1 Å². The molecule has 0 N–H and O–H groups in total. The van der Waals surface area contributed by atoms with E-state index in [9.17, 15) is 0 Å². The summed E-state index contributed by atoms with van der Waals surface area (Å²) in [7, 11) is 2.97. The fraction of sp³-hybridized carbons (Fsp3) is 0.294. The molecule has 0 aliphatic carbocycles. The molecule has 2 nitrogen and oxygen atoms in total. The number of benzene rings is 2. The van der Waals surface area contributed by atoms with Gasteiger partial charge in [0.1, 0.15) is 6.10 Å². The number of hydrogen-bond donors (Lipinski definition) is 0. The first-order valence-corrected chi connectivity index (χ1v) is 6.21. The molecule has 19 heavy (non-hydrogen) atoms. The molecule has 0 amide bonds. The molecule has 2 aromatic rings. The summed E-state index contributed by atoms with van der Waals surface area (Å²) in [6.45, 7) is -4.76. The second-order valence-electron chi connectivity index (χ2n) is 4.43. The highest BCUT2D eigenvalue weighted by Crippen LogP contribution is 2.25. The highest BCUT2D eigenvalue weighted by molar-refractivity contribution is 5.29. The van der Waals surface area contributed by atoms with Crippen LogP contribution in [0.2, 0.25) is 0 Å². The molecule has 2 rings (SSSR count). The fourth-order valence-corrected chi connectivity index (χ4v) is 1.76. The summed E-state index contributed by atoms with van der Waals surface area (Å²) >= 11 is 0. The first kappa shape index (κ1) is 9.29. The van der Waals surface area contributed by atoms with Gasteiger partial charge in [-0.1, -0.05) is 60.7 Å². The Balaban J connectivity index is 2.40. The van der Waals surface area contributed by atoms with Crippen LogP contribution in [0, 0.1) is 0 Å². The lowest BCUT2D eigenvalue weighted by Crippen LogP contribution is -2.20. The van der Waals surface area contributed by atoms with E-state index in [1.807, 2.05) is 60.7 Å². The SMILES string of the molecule is [2H]C([2H])(OC(c1ccccc1)c1ccccc1)C([2H])([2H])N(C)C. The third-order valence-corrected chi connectivity index (χ3v) is 2.65. The van der Waals surface area contributed by atoms with E-state index in [4.69, 9.17) is 10.2 Å². The molecule has 0 saturated heterocycles. The lowest BCUT2D eigenvalue weighted by molar-refractivity contribution is 0.0687. The largest absolute Gasteiger partial charge is 0.367 e. The molecule has 0 spiro atoms. The summed E-state index contributed by atoms with van der Waals surface area (Å²) in [6.07, 6.45) is -0.692. The Hall–Kier alpha value is -1.64. The van der Waals surface area contributed by atoms with Crippen LogP contribution in [-0.4, -0.2) is 32.1 Å². The molecule has 2 heteroatoms. The maximum Gasteiger partial charge on any atom is 0.108 e. The molecule has 0 aliphatic rings. The van der Waals surface area contributed by atoms with Crippen molar-refractivity contribution in [1.82, 2.24) is 4.90 Å². The average Bonchev–Trinajstić information content (AvgIpc) is 2.54. The zero-order valence-corrected chi connectivity index (χ0v) is 11.2. The number of nitrogens with zero attached hydrogens (tertiary/aromatic N) is 1. The molecule has 0 aromatic heterocycles. The van der Waals surface area contributed by atoms with Crippen molar-refractivity contribution in [2.45, 2.75) is 6.10 Å². The zero-order valence-electron chi connectivity index (χ0n) is 15.2. The number of rotatable bonds is 6. The van der Waals surface area contributed by atoms with E-state index in [1.54, 1.807) is 0 Å². The molecule has 0 bridgehead atoms. The van der Waals surface area contributed by atoms with Gasteiger partial charge >= 0.3 is 0 Å². The Bertz CT molecular complexity index is 578. The summed E-state index contributed by atoms with van der Waals surface area (Å²) in [5, 5.41) is 0. The molecule has 0 fully saturated rings. The van der Waals surface area contributed by atoms with Crippen LogP contribution in [0.5, 0.6) is 0 Å². The Morgan fingerprint density at radius 1 is 0.947 bits per heavy atom. The topological polar surface area (TPSA) is 12.5 Å². The summed E-state index contributed by atoms with van der Waals surface area (Å²) in [5.41, 5.74) is 1.55. The summed E-state index contributed by atoms with van der Waals surface area (Å²) < 4.78 is 37.9. The average molecular weight is 259 g/mol.